The average Bonchev–Trinajstić information content (AvgIpc) is 1.82. The number of rotatable bonds is 0. The molecule has 0 N–H and O–H groups in total. The number of hydrogen-bond donors (Lipinski definition) is 0. The number of alkyl halides is 4. The van der Waals surface area contributed by atoms with E-state index in [2.05, 4.69) is 63.7 Å². The van der Waals surface area contributed by atoms with Crippen LogP contribution in [-0.2, 0) is 0 Å². The summed E-state index contributed by atoms with van der Waals surface area (Å²) in [6.07, 6.45) is 7.29. The summed E-state index contributed by atoms with van der Waals surface area (Å²) in [6.45, 7) is 0. The molecule has 0 aliphatic heterocycles. The van der Waals surface area contributed by atoms with Crippen LogP contribution in [0.25, 0.3) is 0 Å². The number of halogens is 4. The minimum Gasteiger partial charge on any atom is -0.0727 e. The third kappa shape index (κ3) is 4.43. The predicted octanol–water partition coefficient (Wildman–Crippen LogP) is 5.31. The molecule has 0 aromatic carbocycles. The Morgan fingerprint density at radius 2 is 0.833 bits per heavy atom. The van der Waals surface area contributed by atoms with Crippen LogP contribution in [-0.4, -0.2) is 6.47 Å². The topological polar surface area (TPSA) is 0 Å². The van der Waals surface area contributed by atoms with Crippen molar-refractivity contribution in [2.45, 2.75) is 45.0 Å². The minimum atomic E-state index is 0.205. The van der Waals surface area contributed by atoms with E-state index in [0.29, 0.717) is 0 Å². The Morgan fingerprint density at radius 1 is 0.583 bits per heavy atom. The second-order valence-corrected chi connectivity index (χ2v) is 11.6. The van der Waals surface area contributed by atoms with Crippen molar-refractivity contribution in [3.8, 4) is 0 Å². The molecule has 0 radical (unpaired) electrons. The van der Waals surface area contributed by atoms with Crippen molar-refractivity contribution in [2.75, 3.05) is 0 Å². The Morgan fingerprint density at radius 3 is 1.08 bits per heavy atom. The zero-order valence-electron chi connectivity index (χ0n) is 6.75. The SMILES string of the molecule is BrC1(Br)CCCC(Br)(Br)CCC1. The van der Waals surface area contributed by atoms with E-state index in [9.17, 15) is 0 Å². The Balaban J connectivity index is 2.45. The van der Waals surface area contributed by atoms with Gasteiger partial charge in [-0.1, -0.05) is 63.7 Å². The van der Waals surface area contributed by atoms with Crippen molar-refractivity contribution < 1.29 is 0 Å². The first-order chi connectivity index (χ1) is 5.41. The standard InChI is InChI=1S/C8H12Br4/c9-7(10)3-1-4-8(11,12)6-2-5-7/h1-6H2. The fraction of sp³-hybridized carbons (Fsp3) is 1.00. The molecule has 1 aliphatic rings. The molecule has 1 saturated carbocycles. The van der Waals surface area contributed by atoms with Crippen LogP contribution >= 0.6 is 63.7 Å². The van der Waals surface area contributed by atoms with Crippen molar-refractivity contribution in [1.29, 1.82) is 0 Å². The Kier molecular flexibility index (Phi) is 4.62. The van der Waals surface area contributed by atoms with Gasteiger partial charge in [-0.3, -0.25) is 0 Å². The van der Waals surface area contributed by atoms with E-state index >= 15 is 0 Å². The third-order valence-electron chi connectivity index (χ3n) is 2.17. The second-order valence-electron chi connectivity index (χ2n) is 3.42. The molecule has 0 saturated heterocycles. The molecule has 0 spiro atoms. The van der Waals surface area contributed by atoms with Gasteiger partial charge >= 0.3 is 0 Å². The minimum absolute atomic E-state index is 0.205. The lowest BCUT2D eigenvalue weighted by Gasteiger charge is -2.29. The van der Waals surface area contributed by atoms with E-state index in [-0.39, 0.29) is 6.47 Å². The molecule has 0 bridgehead atoms. The normalized spacial score (nSPS) is 29.0. The molecule has 1 aliphatic carbocycles. The zero-order chi connectivity index (χ0) is 9.24. The molecule has 0 amide bonds. The lowest BCUT2D eigenvalue weighted by atomic mass is 10.0. The molecule has 0 unspecified atom stereocenters. The first-order valence-electron chi connectivity index (χ1n) is 4.17. The molecule has 4 heteroatoms. The molecule has 72 valence electrons. The highest BCUT2D eigenvalue weighted by molar-refractivity contribution is 9.25. The van der Waals surface area contributed by atoms with Gasteiger partial charge in [-0.2, -0.15) is 0 Å². The summed E-state index contributed by atoms with van der Waals surface area (Å²) in [5.41, 5.74) is 0. The van der Waals surface area contributed by atoms with Crippen molar-refractivity contribution in [2.24, 2.45) is 0 Å². The monoisotopic (exact) mass is 424 g/mol. The van der Waals surface area contributed by atoms with Crippen LogP contribution in [0.3, 0.4) is 0 Å². The van der Waals surface area contributed by atoms with Crippen LogP contribution in [0, 0.1) is 0 Å². The van der Waals surface area contributed by atoms with E-state index in [4.69, 9.17) is 0 Å². The predicted molar refractivity (Wildman–Crippen MR) is 68.9 cm³/mol. The van der Waals surface area contributed by atoms with Gasteiger partial charge in [0.05, 0.1) is 6.47 Å². The van der Waals surface area contributed by atoms with Crippen LogP contribution in [0.15, 0.2) is 0 Å². The van der Waals surface area contributed by atoms with Crippen molar-refractivity contribution in [3.63, 3.8) is 0 Å². The maximum absolute atomic E-state index is 3.70. The molecule has 0 nitrogen and oxygen atoms in total. The van der Waals surface area contributed by atoms with Gasteiger partial charge in [0.25, 0.3) is 0 Å². The molecule has 0 heterocycles. The quantitative estimate of drug-likeness (QED) is 0.459. The Hall–Kier alpha value is 1.92. The first-order valence-corrected chi connectivity index (χ1v) is 7.34. The summed E-state index contributed by atoms with van der Waals surface area (Å²) in [5.74, 6) is 0. The van der Waals surface area contributed by atoms with Crippen LogP contribution in [0.1, 0.15) is 38.5 Å². The summed E-state index contributed by atoms with van der Waals surface area (Å²) in [4.78, 5) is 0. The molecule has 0 aromatic heterocycles. The van der Waals surface area contributed by atoms with Crippen molar-refractivity contribution in [3.05, 3.63) is 0 Å². The average molecular weight is 428 g/mol. The molecular formula is C8H12Br4. The highest BCUT2D eigenvalue weighted by Gasteiger charge is 2.30. The summed E-state index contributed by atoms with van der Waals surface area (Å²) in [7, 11) is 0. The lowest BCUT2D eigenvalue weighted by molar-refractivity contribution is 0.502. The summed E-state index contributed by atoms with van der Waals surface area (Å²) < 4.78 is 0.410. The van der Waals surface area contributed by atoms with Crippen molar-refractivity contribution >= 4 is 63.7 Å². The maximum Gasteiger partial charge on any atom is 0.0805 e. The van der Waals surface area contributed by atoms with Gasteiger partial charge in [-0.25, -0.2) is 0 Å². The largest absolute Gasteiger partial charge is 0.0805 e. The highest BCUT2D eigenvalue weighted by atomic mass is 79.9. The molecule has 0 atom stereocenters. The van der Waals surface area contributed by atoms with Gasteiger partial charge in [-0.15, -0.1) is 0 Å². The lowest BCUT2D eigenvalue weighted by Crippen LogP contribution is -2.20. The third-order valence-corrected chi connectivity index (χ3v) is 5.34. The first kappa shape index (κ1) is 12.0. The second kappa shape index (κ2) is 4.63. The summed E-state index contributed by atoms with van der Waals surface area (Å²) >= 11 is 14.8. The van der Waals surface area contributed by atoms with Gasteiger partial charge in [0.1, 0.15) is 0 Å². The number of hydrogen-bond acceptors (Lipinski definition) is 0. The van der Waals surface area contributed by atoms with E-state index in [1.807, 2.05) is 0 Å². The van der Waals surface area contributed by atoms with Crippen LogP contribution in [0.2, 0.25) is 0 Å². The fourth-order valence-corrected chi connectivity index (χ4v) is 3.70. The van der Waals surface area contributed by atoms with Gasteiger partial charge < -0.3 is 0 Å². The van der Waals surface area contributed by atoms with E-state index in [0.717, 1.165) is 0 Å². The summed E-state index contributed by atoms with van der Waals surface area (Å²) in [5, 5.41) is 0. The van der Waals surface area contributed by atoms with E-state index in [1.165, 1.54) is 38.5 Å². The highest BCUT2D eigenvalue weighted by Crippen LogP contribution is 2.45. The fourth-order valence-electron chi connectivity index (χ4n) is 1.46. The van der Waals surface area contributed by atoms with E-state index in [1.54, 1.807) is 0 Å². The van der Waals surface area contributed by atoms with Gasteiger partial charge in [0, 0.05) is 0 Å². The van der Waals surface area contributed by atoms with Gasteiger partial charge in [0.2, 0.25) is 0 Å². The van der Waals surface area contributed by atoms with Gasteiger partial charge in [-0.05, 0) is 38.5 Å². The van der Waals surface area contributed by atoms with Crippen LogP contribution in [0.4, 0.5) is 0 Å². The zero-order valence-corrected chi connectivity index (χ0v) is 13.1. The van der Waals surface area contributed by atoms with Gasteiger partial charge in [0.15, 0.2) is 0 Å². The van der Waals surface area contributed by atoms with Crippen LogP contribution in [0.5, 0.6) is 0 Å². The Labute approximate surface area is 108 Å². The Bertz CT molecular complexity index is 123. The van der Waals surface area contributed by atoms with E-state index < -0.39 is 0 Å². The van der Waals surface area contributed by atoms with Crippen molar-refractivity contribution in [1.82, 2.24) is 0 Å². The smallest absolute Gasteiger partial charge is 0.0727 e. The molecule has 1 fully saturated rings. The summed E-state index contributed by atoms with van der Waals surface area (Å²) in [6, 6.07) is 0. The maximum atomic E-state index is 3.70. The molecule has 0 aromatic rings. The molecular weight excluding hydrogens is 416 g/mol. The molecule has 12 heavy (non-hydrogen) atoms. The van der Waals surface area contributed by atoms with Crippen LogP contribution < -0.4 is 0 Å². The molecule has 1 rings (SSSR count).